The van der Waals surface area contributed by atoms with E-state index < -0.39 is 0 Å². The van der Waals surface area contributed by atoms with E-state index in [-0.39, 0.29) is 18.2 Å². The van der Waals surface area contributed by atoms with Crippen LogP contribution in [0.15, 0.2) is 30.3 Å². The molecule has 1 amide bonds. The van der Waals surface area contributed by atoms with Gasteiger partial charge < -0.3 is 4.74 Å². The van der Waals surface area contributed by atoms with E-state index in [1.165, 1.54) is 0 Å². The van der Waals surface area contributed by atoms with Gasteiger partial charge in [0.1, 0.15) is 6.04 Å². The summed E-state index contributed by atoms with van der Waals surface area (Å²) in [5, 5.41) is 0. The molecule has 2 aliphatic heterocycles. The summed E-state index contributed by atoms with van der Waals surface area (Å²) < 4.78 is 5.51. The maximum atomic E-state index is 12.7. The van der Waals surface area contributed by atoms with E-state index in [1.807, 2.05) is 42.1 Å². The number of hydroxylamine groups is 1. The minimum absolute atomic E-state index is 0.114. The second-order valence-corrected chi connectivity index (χ2v) is 7.07. The summed E-state index contributed by atoms with van der Waals surface area (Å²) in [7, 11) is 0. The standard InChI is InChI=1S/C17H24N2O3S/c20-17(18-22-15-8-4-5-11-21-15)16(14-6-2-1-3-7-14)19-9-12-23-13-10-19/h1-3,6-7,15-16H,4-5,8-13H2,(H,18,20). The summed E-state index contributed by atoms with van der Waals surface area (Å²) in [4.78, 5) is 20.5. The third kappa shape index (κ3) is 4.70. The minimum atomic E-state index is -0.318. The normalized spacial score (nSPS) is 24.1. The Hall–Kier alpha value is -1.08. The van der Waals surface area contributed by atoms with Crippen LogP contribution in [0.2, 0.25) is 0 Å². The highest BCUT2D eigenvalue weighted by molar-refractivity contribution is 7.99. The number of rotatable bonds is 5. The van der Waals surface area contributed by atoms with Gasteiger partial charge in [-0.25, -0.2) is 10.3 Å². The van der Waals surface area contributed by atoms with Crippen LogP contribution >= 0.6 is 11.8 Å². The predicted octanol–water partition coefficient (Wildman–Crippen LogP) is 2.35. The number of amides is 1. The number of ether oxygens (including phenoxy) is 1. The number of hydrogen-bond donors (Lipinski definition) is 1. The van der Waals surface area contributed by atoms with Crippen molar-refractivity contribution in [3.8, 4) is 0 Å². The molecule has 1 aromatic carbocycles. The molecular weight excluding hydrogens is 312 g/mol. The third-order valence-electron chi connectivity index (χ3n) is 4.20. The van der Waals surface area contributed by atoms with Crippen molar-refractivity contribution >= 4 is 17.7 Å². The van der Waals surface area contributed by atoms with Gasteiger partial charge in [0.05, 0.1) is 0 Å². The fraction of sp³-hybridized carbons (Fsp3) is 0.588. The highest BCUT2D eigenvalue weighted by Gasteiger charge is 2.29. The lowest BCUT2D eigenvalue weighted by molar-refractivity contribution is -0.202. The maximum absolute atomic E-state index is 12.7. The van der Waals surface area contributed by atoms with E-state index in [2.05, 4.69) is 10.4 Å². The van der Waals surface area contributed by atoms with Crippen LogP contribution in [0.3, 0.4) is 0 Å². The van der Waals surface area contributed by atoms with E-state index in [4.69, 9.17) is 9.57 Å². The lowest BCUT2D eigenvalue weighted by atomic mass is 10.0. The second kappa shape index (κ2) is 8.68. The first-order valence-electron chi connectivity index (χ1n) is 8.28. The zero-order chi connectivity index (χ0) is 15.9. The van der Waals surface area contributed by atoms with E-state index in [1.54, 1.807) is 0 Å². The van der Waals surface area contributed by atoms with Gasteiger partial charge in [0.2, 0.25) is 0 Å². The average molecular weight is 336 g/mol. The Morgan fingerprint density at radius 2 is 2.04 bits per heavy atom. The Morgan fingerprint density at radius 3 is 2.74 bits per heavy atom. The third-order valence-corrected chi connectivity index (χ3v) is 5.15. The first-order valence-corrected chi connectivity index (χ1v) is 9.44. The van der Waals surface area contributed by atoms with Crippen molar-refractivity contribution in [3.05, 3.63) is 35.9 Å². The average Bonchev–Trinajstić information content (AvgIpc) is 2.63. The molecule has 2 atom stereocenters. The molecule has 5 nitrogen and oxygen atoms in total. The molecule has 0 aromatic heterocycles. The van der Waals surface area contributed by atoms with Gasteiger partial charge in [-0.05, 0) is 18.4 Å². The van der Waals surface area contributed by atoms with Gasteiger partial charge in [0.15, 0.2) is 6.29 Å². The smallest absolute Gasteiger partial charge is 0.265 e. The molecule has 2 aliphatic rings. The highest BCUT2D eigenvalue weighted by atomic mass is 32.2. The van der Waals surface area contributed by atoms with Gasteiger partial charge in [0.25, 0.3) is 5.91 Å². The van der Waals surface area contributed by atoms with Crippen molar-refractivity contribution in [3.63, 3.8) is 0 Å². The van der Waals surface area contributed by atoms with Crippen LogP contribution in [0.4, 0.5) is 0 Å². The molecule has 126 valence electrons. The largest absolute Gasteiger partial charge is 0.350 e. The zero-order valence-electron chi connectivity index (χ0n) is 13.3. The monoisotopic (exact) mass is 336 g/mol. The first kappa shape index (κ1) is 16.8. The zero-order valence-corrected chi connectivity index (χ0v) is 14.1. The molecule has 0 bridgehead atoms. The summed E-state index contributed by atoms with van der Waals surface area (Å²) >= 11 is 1.93. The van der Waals surface area contributed by atoms with Gasteiger partial charge in [-0.2, -0.15) is 11.8 Å². The van der Waals surface area contributed by atoms with Crippen LogP contribution < -0.4 is 5.48 Å². The molecule has 0 saturated carbocycles. The SMILES string of the molecule is O=C(NOC1CCCCO1)C(c1ccccc1)N1CCSCC1. The number of carbonyl (C=O) groups excluding carboxylic acids is 1. The lowest BCUT2D eigenvalue weighted by Gasteiger charge is -2.34. The van der Waals surface area contributed by atoms with Crippen molar-refractivity contribution in [2.45, 2.75) is 31.6 Å². The Kier molecular flexibility index (Phi) is 6.33. The van der Waals surface area contributed by atoms with Gasteiger partial charge in [0, 0.05) is 37.6 Å². The predicted molar refractivity (Wildman–Crippen MR) is 90.9 cm³/mol. The summed E-state index contributed by atoms with van der Waals surface area (Å²) in [6.45, 7) is 2.53. The summed E-state index contributed by atoms with van der Waals surface area (Å²) in [6, 6.07) is 9.61. The van der Waals surface area contributed by atoms with Crippen LogP contribution in [0.25, 0.3) is 0 Å². The fourth-order valence-electron chi connectivity index (χ4n) is 2.98. The molecule has 2 fully saturated rings. The molecule has 1 N–H and O–H groups in total. The van der Waals surface area contributed by atoms with E-state index in [0.29, 0.717) is 6.61 Å². The molecule has 23 heavy (non-hydrogen) atoms. The van der Waals surface area contributed by atoms with Crippen molar-refractivity contribution in [2.24, 2.45) is 0 Å². The molecule has 1 aromatic rings. The second-order valence-electron chi connectivity index (χ2n) is 5.84. The molecule has 2 saturated heterocycles. The molecule has 0 aliphatic carbocycles. The van der Waals surface area contributed by atoms with E-state index in [9.17, 15) is 4.79 Å². The van der Waals surface area contributed by atoms with Gasteiger partial charge >= 0.3 is 0 Å². The fourth-order valence-corrected chi connectivity index (χ4v) is 3.91. The van der Waals surface area contributed by atoms with Crippen molar-refractivity contribution in [1.29, 1.82) is 0 Å². The molecule has 0 radical (unpaired) electrons. The number of benzene rings is 1. The van der Waals surface area contributed by atoms with Gasteiger partial charge in [-0.1, -0.05) is 30.3 Å². The summed E-state index contributed by atoms with van der Waals surface area (Å²) in [5.41, 5.74) is 3.64. The van der Waals surface area contributed by atoms with E-state index in [0.717, 1.165) is 49.4 Å². The Morgan fingerprint density at radius 1 is 1.26 bits per heavy atom. The van der Waals surface area contributed by atoms with Crippen LogP contribution in [-0.4, -0.2) is 48.3 Å². The van der Waals surface area contributed by atoms with Gasteiger partial charge in [-0.15, -0.1) is 0 Å². The molecule has 2 unspecified atom stereocenters. The van der Waals surface area contributed by atoms with Crippen LogP contribution in [0, 0.1) is 0 Å². The number of nitrogens with zero attached hydrogens (tertiary/aromatic N) is 1. The van der Waals surface area contributed by atoms with Crippen LogP contribution in [-0.2, 0) is 14.4 Å². The first-order chi connectivity index (χ1) is 11.3. The summed E-state index contributed by atoms with van der Waals surface area (Å²) in [6.07, 6.45) is 2.65. The van der Waals surface area contributed by atoms with Crippen molar-refractivity contribution in [2.75, 3.05) is 31.2 Å². The maximum Gasteiger partial charge on any atom is 0.265 e. The number of carbonyl (C=O) groups is 1. The molecule has 2 heterocycles. The van der Waals surface area contributed by atoms with Crippen LogP contribution in [0.1, 0.15) is 30.9 Å². The topological polar surface area (TPSA) is 50.8 Å². The van der Waals surface area contributed by atoms with Crippen molar-refractivity contribution < 1.29 is 14.4 Å². The Balaban J connectivity index is 1.65. The van der Waals surface area contributed by atoms with Gasteiger partial charge in [-0.3, -0.25) is 9.69 Å². The number of hydrogen-bond acceptors (Lipinski definition) is 5. The lowest BCUT2D eigenvalue weighted by Crippen LogP contribution is -2.45. The summed E-state index contributed by atoms with van der Waals surface area (Å²) in [5.74, 6) is 2.00. The highest BCUT2D eigenvalue weighted by Crippen LogP contribution is 2.24. The minimum Gasteiger partial charge on any atom is -0.350 e. The molecule has 0 spiro atoms. The number of nitrogens with one attached hydrogen (secondary N) is 1. The Labute approximate surface area is 141 Å². The molecule has 3 rings (SSSR count). The van der Waals surface area contributed by atoms with Crippen molar-refractivity contribution in [1.82, 2.24) is 10.4 Å². The molecule has 6 heteroatoms. The molecular formula is C17H24N2O3S. The van der Waals surface area contributed by atoms with E-state index >= 15 is 0 Å². The van der Waals surface area contributed by atoms with Crippen LogP contribution in [0.5, 0.6) is 0 Å². The Bertz CT molecular complexity index is 488. The quantitative estimate of drug-likeness (QED) is 0.837. The number of thioether (sulfide) groups is 1.